The molecule has 138 valence electrons. The number of nitrogens with zero attached hydrogens (tertiary/aromatic N) is 3. The maximum atomic E-state index is 5.11. The van der Waals surface area contributed by atoms with Crippen LogP contribution in [0.2, 0.25) is 0 Å². The Kier molecular flexibility index (Phi) is 2.94. The van der Waals surface area contributed by atoms with Gasteiger partial charge in [-0.05, 0) is 71.6 Å². The summed E-state index contributed by atoms with van der Waals surface area (Å²) in [6.45, 7) is 9.26. The molecule has 3 aliphatic rings. The highest BCUT2D eigenvalue weighted by Gasteiger charge is 2.39. The van der Waals surface area contributed by atoms with E-state index in [1.54, 1.807) is 11.1 Å². The Morgan fingerprint density at radius 2 is 1.93 bits per heavy atom. The van der Waals surface area contributed by atoms with Crippen molar-refractivity contribution in [2.75, 3.05) is 0 Å². The standard InChI is InChI=1S/C24H27N3/c1-13-5-8-17-21(20(13)24(2,3)4)25-12-27-22-18(26-23(17)27)10-9-16-14-6-7-15(11-14)19(16)22/h8-10,12-15H,5-7,11H2,1-4H3. The molecule has 2 bridgehead atoms. The number of hydrogen-bond donors (Lipinski definition) is 0. The Labute approximate surface area is 159 Å². The molecule has 0 saturated heterocycles. The van der Waals surface area contributed by atoms with E-state index in [0.717, 1.165) is 29.4 Å². The average Bonchev–Trinajstić information content (AvgIpc) is 3.32. The second kappa shape index (κ2) is 5.01. The van der Waals surface area contributed by atoms with Crippen molar-refractivity contribution in [3.8, 4) is 0 Å². The summed E-state index contributed by atoms with van der Waals surface area (Å²) >= 11 is 0. The quantitative estimate of drug-likeness (QED) is 0.602. The molecule has 0 radical (unpaired) electrons. The molecule has 0 amide bonds. The van der Waals surface area contributed by atoms with E-state index in [-0.39, 0.29) is 5.41 Å². The lowest BCUT2D eigenvalue weighted by Crippen LogP contribution is -2.40. The van der Waals surface area contributed by atoms with Crippen LogP contribution in [0.4, 0.5) is 0 Å². The van der Waals surface area contributed by atoms with Crippen LogP contribution in [0.3, 0.4) is 0 Å². The van der Waals surface area contributed by atoms with Crippen LogP contribution < -0.4 is 10.6 Å². The third-order valence-electron chi connectivity index (χ3n) is 7.24. The summed E-state index contributed by atoms with van der Waals surface area (Å²) in [5.74, 6) is 2.04. The Morgan fingerprint density at radius 1 is 1.11 bits per heavy atom. The van der Waals surface area contributed by atoms with Crippen molar-refractivity contribution < 1.29 is 0 Å². The molecule has 3 atom stereocenters. The van der Waals surface area contributed by atoms with Crippen LogP contribution in [0.25, 0.3) is 28.3 Å². The lowest BCUT2D eigenvalue weighted by Gasteiger charge is -2.29. The molecule has 3 aliphatic carbocycles. The predicted octanol–water partition coefficient (Wildman–Crippen LogP) is 4.26. The molecular weight excluding hydrogens is 330 g/mol. The van der Waals surface area contributed by atoms with Crippen molar-refractivity contribution >= 4 is 28.3 Å². The zero-order valence-corrected chi connectivity index (χ0v) is 16.7. The molecule has 1 aromatic carbocycles. The van der Waals surface area contributed by atoms with E-state index in [4.69, 9.17) is 9.97 Å². The van der Waals surface area contributed by atoms with Crippen LogP contribution in [-0.2, 0) is 0 Å². The summed E-state index contributed by atoms with van der Waals surface area (Å²) in [5, 5.41) is 2.41. The van der Waals surface area contributed by atoms with Crippen molar-refractivity contribution in [3.63, 3.8) is 0 Å². The first kappa shape index (κ1) is 15.9. The number of benzene rings is 1. The lowest BCUT2D eigenvalue weighted by atomic mass is 9.76. The Bertz CT molecular complexity index is 1240. The fourth-order valence-electron chi connectivity index (χ4n) is 6.28. The fraction of sp³-hybridized carbons (Fsp3) is 0.500. The number of imidazole rings is 1. The van der Waals surface area contributed by atoms with Gasteiger partial charge in [0, 0.05) is 5.22 Å². The van der Waals surface area contributed by atoms with Crippen LogP contribution in [-0.4, -0.2) is 14.4 Å². The lowest BCUT2D eigenvalue weighted by molar-refractivity contribution is 0.504. The molecule has 3 unspecified atom stereocenters. The third kappa shape index (κ3) is 1.98. The number of aromatic nitrogens is 3. The molecule has 3 aromatic rings. The van der Waals surface area contributed by atoms with Crippen molar-refractivity contribution in [2.24, 2.45) is 11.3 Å². The molecule has 2 heterocycles. The van der Waals surface area contributed by atoms with Crippen LogP contribution in [0, 0.1) is 11.3 Å². The predicted molar refractivity (Wildman–Crippen MR) is 110 cm³/mol. The summed E-state index contributed by atoms with van der Waals surface area (Å²) in [7, 11) is 0. The van der Waals surface area contributed by atoms with Crippen molar-refractivity contribution in [1.29, 1.82) is 0 Å². The molecule has 1 saturated carbocycles. The number of rotatable bonds is 0. The molecule has 1 fully saturated rings. The minimum absolute atomic E-state index is 0.125. The van der Waals surface area contributed by atoms with Gasteiger partial charge in [-0.2, -0.15) is 0 Å². The molecule has 3 nitrogen and oxygen atoms in total. The van der Waals surface area contributed by atoms with Crippen LogP contribution in [0.5, 0.6) is 0 Å². The molecule has 6 rings (SSSR count). The first-order valence-electron chi connectivity index (χ1n) is 10.5. The summed E-state index contributed by atoms with van der Waals surface area (Å²) in [4.78, 5) is 10.1. The van der Waals surface area contributed by atoms with Crippen molar-refractivity contribution in [1.82, 2.24) is 14.4 Å². The van der Waals surface area contributed by atoms with Gasteiger partial charge in [-0.1, -0.05) is 39.8 Å². The molecule has 27 heavy (non-hydrogen) atoms. The first-order valence-corrected chi connectivity index (χ1v) is 10.5. The third-order valence-corrected chi connectivity index (χ3v) is 7.24. The van der Waals surface area contributed by atoms with Gasteiger partial charge in [0.25, 0.3) is 0 Å². The highest BCUT2D eigenvalue weighted by molar-refractivity contribution is 5.86. The minimum atomic E-state index is 0.125. The van der Waals surface area contributed by atoms with E-state index in [1.165, 1.54) is 40.9 Å². The molecule has 3 heteroatoms. The second-order valence-corrected chi connectivity index (χ2v) is 9.96. The zero-order chi connectivity index (χ0) is 18.5. The van der Waals surface area contributed by atoms with Gasteiger partial charge in [-0.25, -0.2) is 9.97 Å². The summed E-state index contributed by atoms with van der Waals surface area (Å²) in [6, 6.07) is 4.60. The Hall–Kier alpha value is -2.16. The van der Waals surface area contributed by atoms with E-state index in [2.05, 4.69) is 50.3 Å². The fourth-order valence-corrected chi connectivity index (χ4v) is 6.28. The molecule has 0 spiro atoms. The van der Waals surface area contributed by atoms with Gasteiger partial charge in [-0.15, -0.1) is 0 Å². The van der Waals surface area contributed by atoms with Gasteiger partial charge >= 0.3 is 0 Å². The Balaban J connectivity index is 1.76. The van der Waals surface area contributed by atoms with Crippen LogP contribution in [0.1, 0.15) is 76.3 Å². The van der Waals surface area contributed by atoms with Crippen LogP contribution >= 0.6 is 0 Å². The smallest absolute Gasteiger partial charge is 0.148 e. The number of hydrogen-bond acceptors (Lipinski definition) is 2. The maximum absolute atomic E-state index is 5.11. The largest absolute Gasteiger partial charge is 0.282 e. The van der Waals surface area contributed by atoms with E-state index in [9.17, 15) is 0 Å². The van der Waals surface area contributed by atoms with Gasteiger partial charge in [0.05, 0.1) is 16.4 Å². The monoisotopic (exact) mass is 357 g/mol. The summed E-state index contributed by atoms with van der Waals surface area (Å²) in [5.41, 5.74) is 8.31. The van der Waals surface area contributed by atoms with E-state index in [0.29, 0.717) is 5.92 Å². The van der Waals surface area contributed by atoms with Crippen molar-refractivity contribution in [3.05, 3.63) is 40.2 Å². The maximum Gasteiger partial charge on any atom is 0.148 e. The van der Waals surface area contributed by atoms with E-state index < -0.39 is 0 Å². The number of fused-ring (bicyclic) bond motifs is 11. The van der Waals surface area contributed by atoms with Gasteiger partial charge < -0.3 is 0 Å². The second-order valence-electron chi connectivity index (χ2n) is 9.96. The highest BCUT2D eigenvalue weighted by atomic mass is 15.1. The van der Waals surface area contributed by atoms with E-state index in [1.807, 2.05) is 6.33 Å². The van der Waals surface area contributed by atoms with Crippen LogP contribution in [0.15, 0.2) is 18.5 Å². The zero-order valence-electron chi connectivity index (χ0n) is 16.7. The molecule has 0 aliphatic heterocycles. The minimum Gasteiger partial charge on any atom is -0.282 e. The normalized spacial score (nSPS) is 26.5. The van der Waals surface area contributed by atoms with Gasteiger partial charge in [-0.3, -0.25) is 4.40 Å². The Morgan fingerprint density at radius 3 is 2.74 bits per heavy atom. The summed E-state index contributed by atoms with van der Waals surface area (Å²) < 4.78 is 2.29. The van der Waals surface area contributed by atoms with E-state index >= 15 is 0 Å². The average molecular weight is 358 g/mol. The summed E-state index contributed by atoms with van der Waals surface area (Å²) in [6.07, 6.45) is 9.54. The molecular formula is C24H27N3. The molecule has 0 N–H and O–H groups in total. The van der Waals surface area contributed by atoms with Gasteiger partial charge in [0.2, 0.25) is 0 Å². The first-order chi connectivity index (χ1) is 12.9. The van der Waals surface area contributed by atoms with Gasteiger partial charge in [0.15, 0.2) is 0 Å². The SMILES string of the molecule is CC1CC=c2c(ncn3c2nc2ccc4c(c23)C2CCC4C2)=C1C(C)(C)C. The molecule has 2 aromatic heterocycles. The van der Waals surface area contributed by atoms with Gasteiger partial charge in [0.1, 0.15) is 12.0 Å². The topological polar surface area (TPSA) is 30.2 Å². The highest BCUT2D eigenvalue weighted by Crippen LogP contribution is 2.54. The van der Waals surface area contributed by atoms with Crippen molar-refractivity contribution in [2.45, 2.75) is 65.2 Å².